The Balaban J connectivity index is 2.33. The number of carbonyl (C=O) groups excluding carboxylic acids is 1. The summed E-state index contributed by atoms with van der Waals surface area (Å²) in [6, 6.07) is 6.19. The molecule has 112 valence electrons. The highest BCUT2D eigenvalue weighted by atomic mass is 16.7. The first kappa shape index (κ1) is 15.0. The van der Waals surface area contributed by atoms with Crippen LogP contribution in [0.15, 0.2) is 29.4 Å². The van der Waals surface area contributed by atoms with Gasteiger partial charge in [-0.3, -0.25) is 10.1 Å². The molecule has 0 radical (unpaired) electrons. The van der Waals surface area contributed by atoms with E-state index in [0.29, 0.717) is 11.4 Å². The summed E-state index contributed by atoms with van der Waals surface area (Å²) in [5, 5.41) is 14.8. The van der Waals surface area contributed by atoms with Gasteiger partial charge in [0.2, 0.25) is 0 Å². The molecule has 1 saturated heterocycles. The van der Waals surface area contributed by atoms with Crippen LogP contribution in [0.2, 0.25) is 0 Å². The van der Waals surface area contributed by atoms with Crippen molar-refractivity contribution in [2.24, 2.45) is 5.16 Å². The van der Waals surface area contributed by atoms with Crippen molar-refractivity contribution < 1.29 is 14.6 Å². The van der Waals surface area contributed by atoms with Crippen LogP contribution < -0.4 is 0 Å². The molecule has 1 aromatic rings. The Morgan fingerprint density at radius 3 is 2.67 bits per heavy atom. The van der Waals surface area contributed by atoms with Crippen LogP contribution in [0, 0.1) is 10.1 Å². The summed E-state index contributed by atoms with van der Waals surface area (Å²) in [7, 11) is 0. The maximum absolute atomic E-state index is 11.0. The number of oxime groups is 1. The standard InChI is InChI=1S/C14H17N3O4/c1-11(18)21-15-14(16-8-3-2-4-9-16)12-6-5-7-13(10-12)17(19)20/h5-7,10H,2-4,8-9H2,1H3/b15-14-. The third-order valence-electron chi connectivity index (χ3n) is 3.23. The minimum Gasteiger partial charge on any atom is -0.353 e. The average Bonchev–Trinajstić information content (AvgIpc) is 2.48. The molecule has 0 amide bonds. The molecule has 0 saturated carbocycles. The van der Waals surface area contributed by atoms with Gasteiger partial charge in [0.1, 0.15) is 0 Å². The fraction of sp³-hybridized carbons (Fsp3) is 0.429. The predicted octanol–water partition coefficient (Wildman–Crippen LogP) is 2.31. The maximum atomic E-state index is 11.0. The fourth-order valence-corrected chi connectivity index (χ4v) is 2.26. The van der Waals surface area contributed by atoms with E-state index in [1.165, 1.54) is 19.1 Å². The molecule has 0 N–H and O–H groups in total. The van der Waals surface area contributed by atoms with Crippen LogP contribution in [-0.4, -0.2) is 34.7 Å². The third-order valence-corrected chi connectivity index (χ3v) is 3.23. The van der Waals surface area contributed by atoms with Crippen molar-refractivity contribution in [3.63, 3.8) is 0 Å². The summed E-state index contributed by atoms with van der Waals surface area (Å²) >= 11 is 0. The molecule has 0 bridgehead atoms. The van der Waals surface area contributed by atoms with E-state index in [1.807, 2.05) is 4.90 Å². The highest BCUT2D eigenvalue weighted by molar-refractivity contribution is 5.99. The maximum Gasteiger partial charge on any atom is 0.332 e. The molecule has 21 heavy (non-hydrogen) atoms. The van der Waals surface area contributed by atoms with Crippen molar-refractivity contribution in [3.05, 3.63) is 39.9 Å². The summed E-state index contributed by atoms with van der Waals surface area (Å²) in [5.41, 5.74) is 0.562. The van der Waals surface area contributed by atoms with Crippen molar-refractivity contribution in [1.82, 2.24) is 4.90 Å². The normalized spacial score (nSPS) is 15.7. The van der Waals surface area contributed by atoms with E-state index in [4.69, 9.17) is 4.84 Å². The number of rotatable bonds is 3. The number of piperidine rings is 1. The molecule has 0 atom stereocenters. The lowest BCUT2D eigenvalue weighted by Crippen LogP contribution is -2.36. The Kier molecular flexibility index (Phi) is 4.86. The number of nitro benzene ring substituents is 1. The first-order chi connectivity index (χ1) is 10.1. The van der Waals surface area contributed by atoms with Crippen LogP contribution in [0.1, 0.15) is 31.7 Å². The Hall–Kier alpha value is -2.44. The lowest BCUT2D eigenvalue weighted by molar-refractivity contribution is -0.384. The van der Waals surface area contributed by atoms with Crippen LogP contribution in [-0.2, 0) is 9.63 Å². The Morgan fingerprint density at radius 2 is 2.05 bits per heavy atom. The van der Waals surface area contributed by atoms with E-state index in [9.17, 15) is 14.9 Å². The first-order valence-corrected chi connectivity index (χ1v) is 6.83. The molecule has 0 spiro atoms. The molecule has 0 aromatic heterocycles. The number of hydrogen-bond donors (Lipinski definition) is 0. The molecular formula is C14H17N3O4. The van der Waals surface area contributed by atoms with Gasteiger partial charge in [0.05, 0.1) is 4.92 Å². The molecule has 1 heterocycles. The Morgan fingerprint density at radius 1 is 1.33 bits per heavy atom. The smallest absolute Gasteiger partial charge is 0.332 e. The van der Waals surface area contributed by atoms with Crippen LogP contribution in [0.3, 0.4) is 0 Å². The van der Waals surface area contributed by atoms with E-state index in [1.54, 1.807) is 12.1 Å². The van der Waals surface area contributed by atoms with Crippen LogP contribution in [0.25, 0.3) is 0 Å². The second-order valence-corrected chi connectivity index (χ2v) is 4.85. The van der Waals surface area contributed by atoms with Gasteiger partial charge in [-0.1, -0.05) is 17.3 Å². The topological polar surface area (TPSA) is 85.0 Å². The summed E-state index contributed by atoms with van der Waals surface area (Å²) in [4.78, 5) is 28.2. The number of amidine groups is 1. The van der Waals surface area contributed by atoms with Gasteiger partial charge >= 0.3 is 5.97 Å². The lowest BCUT2D eigenvalue weighted by Gasteiger charge is -2.29. The number of nitro groups is 1. The number of non-ortho nitro benzene ring substituents is 1. The van der Waals surface area contributed by atoms with Crippen LogP contribution in [0.4, 0.5) is 5.69 Å². The van der Waals surface area contributed by atoms with E-state index in [-0.39, 0.29) is 5.69 Å². The molecule has 0 unspecified atom stereocenters. The van der Waals surface area contributed by atoms with E-state index in [0.717, 1.165) is 32.4 Å². The van der Waals surface area contributed by atoms with Gasteiger partial charge < -0.3 is 9.74 Å². The highest BCUT2D eigenvalue weighted by Gasteiger charge is 2.19. The van der Waals surface area contributed by atoms with Gasteiger partial charge in [0.15, 0.2) is 5.84 Å². The zero-order valence-corrected chi connectivity index (χ0v) is 11.8. The summed E-state index contributed by atoms with van der Waals surface area (Å²) in [6.45, 7) is 2.86. The number of carbonyl (C=O) groups is 1. The van der Waals surface area contributed by atoms with Gasteiger partial charge in [0.25, 0.3) is 5.69 Å². The number of hydrogen-bond acceptors (Lipinski definition) is 5. The van der Waals surface area contributed by atoms with Crippen molar-refractivity contribution in [2.75, 3.05) is 13.1 Å². The number of nitrogens with zero attached hydrogens (tertiary/aromatic N) is 3. The molecule has 0 aliphatic carbocycles. The fourth-order valence-electron chi connectivity index (χ4n) is 2.26. The average molecular weight is 291 g/mol. The molecule has 2 rings (SSSR count). The van der Waals surface area contributed by atoms with Gasteiger partial charge in [-0.2, -0.15) is 0 Å². The SMILES string of the molecule is CC(=O)O/N=C(/c1cccc([N+](=O)[O-])c1)N1CCCCC1. The third kappa shape index (κ3) is 4.01. The quantitative estimate of drug-likeness (QED) is 0.280. The van der Waals surface area contributed by atoms with Gasteiger partial charge in [0, 0.05) is 37.7 Å². The van der Waals surface area contributed by atoms with Gasteiger partial charge in [-0.25, -0.2) is 4.79 Å². The van der Waals surface area contributed by atoms with Crippen molar-refractivity contribution >= 4 is 17.5 Å². The molecular weight excluding hydrogens is 274 g/mol. The van der Waals surface area contributed by atoms with Crippen LogP contribution in [0.5, 0.6) is 0 Å². The zero-order chi connectivity index (χ0) is 15.2. The summed E-state index contributed by atoms with van der Waals surface area (Å²) in [5.74, 6) is -0.0523. The largest absolute Gasteiger partial charge is 0.353 e. The van der Waals surface area contributed by atoms with Crippen molar-refractivity contribution in [2.45, 2.75) is 26.2 Å². The number of likely N-dealkylation sites (tertiary alicyclic amines) is 1. The molecule has 1 aliphatic rings. The van der Waals surface area contributed by atoms with E-state index in [2.05, 4.69) is 5.16 Å². The van der Waals surface area contributed by atoms with Gasteiger partial charge in [-0.05, 0) is 19.3 Å². The molecule has 1 aliphatic heterocycles. The van der Waals surface area contributed by atoms with Crippen molar-refractivity contribution in [1.29, 1.82) is 0 Å². The molecule has 7 heteroatoms. The lowest BCUT2D eigenvalue weighted by atomic mass is 10.1. The van der Waals surface area contributed by atoms with Crippen LogP contribution >= 0.6 is 0 Å². The van der Waals surface area contributed by atoms with Crippen molar-refractivity contribution in [3.8, 4) is 0 Å². The van der Waals surface area contributed by atoms with E-state index >= 15 is 0 Å². The minimum absolute atomic E-state index is 0.0139. The number of benzene rings is 1. The Labute approximate surface area is 122 Å². The second kappa shape index (κ2) is 6.83. The molecule has 7 nitrogen and oxygen atoms in total. The zero-order valence-electron chi connectivity index (χ0n) is 11.8. The minimum atomic E-state index is -0.519. The second-order valence-electron chi connectivity index (χ2n) is 4.85. The predicted molar refractivity (Wildman–Crippen MR) is 76.8 cm³/mol. The summed E-state index contributed by atoms with van der Waals surface area (Å²) < 4.78 is 0. The van der Waals surface area contributed by atoms with Gasteiger partial charge in [-0.15, -0.1) is 0 Å². The highest BCUT2D eigenvalue weighted by Crippen LogP contribution is 2.18. The Bertz CT molecular complexity index is 565. The van der Waals surface area contributed by atoms with E-state index < -0.39 is 10.9 Å². The molecule has 1 fully saturated rings. The molecule has 1 aromatic carbocycles. The monoisotopic (exact) mass is 291 g/mol. The summed E-state index contributed by atoms with van der Waals surface area (Å²) in [6.07, 6.45) is 3.19. The first-order valence-electron chi connectivity index (χ1n) is 6.83.